The monoisotopic (exact) mass is 224 g/mol. The molecule has 0 spiro atoms. The third kappa shape index (κ3) is 5.28. The number of nitrogens with one attached hydrogen (secondary N) is 1. The third-order valence-electron chi connectivity index (χ3n) is 2.80. The molecule has 4 nitrogen and oxygen atoms in total. The predicted molar refractivity (Wildman–Crippen MR) is 67.5 cm³/mol. The average molecular weight is 224 g/mol. The maximum atomic E-state index is 4.17. The summed E-state index contributed by atoms with van der Waals surface area (Å²) >= 11 is 0. The highest BCUT2D eigenvalue weighted by atomic mass is 15.3. The van der Waals surface area contributed by atoms with Crippen LogP contribution in [0.3, 0.4) is 0 Å². The molecule has 0 fully saturated rings. The van der Waals surface area contributed by atoms with E-state index in [9.17, 15) is 0 Å². The van der Waals surface area contributed by atoms with Crippen molar-refractivity contribution in [2.75, 3.05) is 32.7 Å². The van der Waals surface area contributed by atoms with Crippen LogP contribution in [0.1, 0.15) is 20.3 Å². The van der Waals surface area contributed by atoms with Gasteiger partial charge < -0.3 is 10.2 Å². The van der Waals surface area contributed by atoms with Crippen molar-refractivity contribution >= 4 is 0 Å². The molecule has 1 aromatic rings. The van der Waals surface area contributed by atoms with Crippen LogP contribution in [-0.4, -0.2) is 47.4 Å². The highest BCUT2D eigenvalue weighted by Crippen LogP contribution is 1.88. The lowest BCUT2D eigenvalue weighted by Gasteiger charge is -2.17. The molecule has 0 saturated heterocycles. The molecule has 92 valence electrons. The molecule has 1 N–H and O–H groups in total. The molecule has 0 amide bonds. The molecule has 0 atom stereocenters. The first-order valence-electron chi connectivity index (χ1n) is 6.27. The number of hydrogen-bond acceptors (Lipinski definition) is 3. The standard InChI is InChI=1S/C12H24N4/c1-3-15(4-2)12-9-13-7-5-10-16-11-6-8-14-16/h6,8,11,13H,3-5,7,9-10,12H2,1-2H3. The van der Waals surface area contributed by atoms with Crippen molar-refractivity contribution in [3.63, 3.8) is 0 Å². The number of aryl methyl sites for hydroxylation is 1. The summed E-state index contributed by atoms with van der Waals surface area (Å²) in [5, 5.41) is 7.63. The molecule has 4 heteroatoms. The second-order valence-electron chi connectivity index (χ2n) is 3.90. The van der Waals surface area contributed by atoms with Gasteiger partial charge in [0.1, 0.15) is 0 Å². The van der Waals surface area contributed by atoms with E-state index in [4.69, 9.17) is 0 Å². The number of likely N-dealkylation sites (N-methyl/N-ethyl adjacent to an activating group) is 1. The van der Waals surface area contributed by atoms with Crippen molar-refractivity contribution in [1.29, 1.82) is 0 Å². The van der Waals surface area contributed by atoms with Gasteiger partial charge in [-0.1, -0.05) is 13.8 Å². The van der Waals surface area contributed by atoms with Gasteiger partial charge in [0.15, 0.2) is 0 Å². The summed E-state index contributed by atoms with van der Waals surface area (Å²) in [6.45, 7) is 11.0. The molecule has 0 radical (unpaired) electrons. The van der Waals surface area contributed by atoms with Crippen LogP contribution in [0, 0.1) is 0 Å². The lowest BCUT2D eigenvalue weighted by Crippen LogP contribution is -2.32. The van der Waals surface area contributed by atoms with Gasteiger partial charge in [0, 0.05) is 32.0 Å². The van der Waals surface area contributed by atoms with Gasteiger partial charge in [0.05, 0.1) is 0 Å². The van der Waals surface area contributed by atoms with E-state index in [1.54, 1.807) is 0 Å². The molecule has 0 saturated carbocycles. The molecule has 0 aromatic carbocycles. The lowest BCUT2D eigenvalue weighted by molar-refractivity contribution is 0.302. The summed E-state index contributed by atoms with van der Waals surface area (Å²) in [7, 11) is 0. The Hall–Kier alpha value is -0.870. The van der Waals surface area contributed by atoms with Gasteiger partial charge in [0.25, 0.3) is 0 Å². The summed E-state index contributed by atoms with van der Waals surface area (Å²) in [6, 6.07) is 1.97. The van der Waals surface area contributed by atoms with Crippen LogP contribution in [0.5, 0.6) is 0 Å². The van der Waals surface area contributed by atoms with E-state index >= 15 is 0 Å². The topological polar surface area (TPSA) is 33.1 Å². The molecule has 0 aliphatic heterocycles. The minimum Gasteiger partial charge on any atom is -0.315 e. The van der Waals surface area contributed by atoms with Gasteiger partial charge in [0.2, 0.25) is 0 Å². The zero-order valence-corrected chi connectivity index (χ0v) is 10.5. The van der Waals surface area contributed by atoms with E-state index in [-0.39, 0.29) is 0 Å². The summed E-state index contributed by atoms with van der Waals surface area (Å²) < 4.78 is 1.98. The summed E-state index contributed by atoms with van der Waals surface area (Å²) in [6.07, 6.45) is 4.98. The Morgan fingerprint density at radius 1 is 1.25 bits per heavy atom. The minimum atomic E-state index is 1.01. The molecule has 1 aromatic heterocycles. The van der Waals surface area contributed by atoms with Gasteiger partial charge in [-0.05, 0) is 32.1 Å². The normalized spacial score (nSPS) is 11.2. The highest BCUT2D eigenvalue weighted by molar-refractivity contribution is 4.77. The van der Waals surface area contributed by atoms with Crippen molar-refractivity contribution in [1.82, 2.24) is 20.0 Å². The van der Waals surface area contributed by atoms with Crippen molar-refractivity contribution < 1.29 is 0 Å². The van der Waals surface area contributed by atoms with Crippen molar-refractivity contribution in [3.05, 3.63) is 18.5 Å². The van der Waals surface area contributed by atoms with Crippen LogP contribution < -0.4 is 5.32 Å². The fraction of sp³-hybridized carbons (Fsp3) is 0.750. The first kappa shape index (κ1) is 13.2. The molecule has 0 aliphatic carbocycles. The van der Waals surface area contributed by atoms with E-state index in [1.165, 1.54) is 0 Å². The fourth-order valence-electron chi connectivity index (χ4n) is 1.70. The fourth-order valence-corrected chi connectivity index (χ4v) is 1.70. The van der Waals surface area contributed by atoms with Gasteiger partial charge in [-0.2, -0.15) is 5.10 Å². The van der Waals surface area contributed by atoms with Crippen LogP contribution >= 0.6 is 0 Å². The Morgan fingerprint density at radius 3 is 2.69 bits per heavy atom. The average Bonchev–Trinajstić information content (AvgIpc) is 2.81. The van der Waals surface area contributed by atoms with Gasteiger partial charge in [-0.15, -0.1) is 0 Å². The van der Waals surface area contributed by atoms with Crippen molar-refractivity contribution in [2.24, 2.45) is 0 Å². The van der Waals surface area contributed by atoms with Gasteiger partial charge >= 0.3 is 0 Å². The van der Waals surface area contributed by atoms with Crippen LogP contribution in [0.2, 0.25) is 0 Å². The van der Waals surface area contributed by atoms with E-state index in [1.807, 2.05) is 23.1 Å². The summed E-state index contributed by atoms with van der Waals surface area (Å²) in [5.74, 6) is 0. The van der Waals surface area contributed by atoms with Crippen LogP contribution in [0.15, 0.2) is 18.5 Å². The van der Waals surface area contributed by atoms with Crippen LogP contribution in [0.4, 0.5) is 0 Å². The smallest absolute Gasteiger partial charge is 0.0489 e. The number of aromatic nitrogens is 2. The Morgan fingerprint density at radius 2 is 2.06 bits per heavy atom. The van der Waals surface area contributed by atoms with Crippen LogP contribution in [-0.2, 0) is 6.54 Å². The lowest BCUT2D eigenvalue weighted by atomic mass is 10.4. The van der Waals surface area contributed by atoms with Crippen LogP contribution in [0.25, 0.3) is 0 Å². The molecule has 1 rings (SSSR count). The maximum absolute atomic E-state index is 4.17. The molecule has 16 heavy (non-hydrogen) atoms. The highest BCUT2D eigenvalue weighted by Gasteiger charge is 1.97. The van der Waals surface area contributed by atoms with E-state index < -0.39 is 0 Å². The first-order valence-corrected chi connectivity index (χ1v) is 6.27. The number of nitrogens with zero attached hydrogens (tertiary/aromatic N) is 3. The molecule has 1 heterocycles. The van der Waals surface area contributed by atoms with Gasteiger partial charge in [-0.3, -0.25) is 4.68 Å². The number of hydrogen-bond donors (Lipinski definition) is 1. The zero-order chi connectivity index (χ0) is 11.6. The number of rotatable bonds is 9. The first-order chi connectivity index (χ1) is 7.86. The van der Waals surface area contributed by atoms with Gasteiger partial charge in [-0.25, -0.2) is 0 Å². The Balaban J connectivity index is 1.92. The Labute approximate surface area is 98.6 Å². The Kier molecular flexibility index (Phi) is 6.85. The van der Waals surface area contributed by atoms with Crippen molar-refractivity contribution in [3.8, 4) is 0 Å². The molecule has 0 aliphatic rings. The zero-order valence-electron chi connectivity index (χ0n) is 10.5. The van der Waals surface area contributed by atoms with E-state index in [0.29, 0.717) is 0 Å². The summed E-state index contributed by atoms with van der Waals surface area (Å²) in [5.41, 5.74) is 0. The maximum Gasteiger partial charge on any atom is 0.0489 e. The SMILES string of the molecule is CCN(CC)CCNCCCn1cccn1. The molecule has 0 unspecified atom stereocenters. The van der Waals surface area contributed by atoms with Crippen molar-refractivity contribution in [2.45, 2.75) is 26.8 Å². The van der Waals surface area contributed by atoms with E-state index in [0.717, 1.165) is 45.7 Å². The molecular weight excluding hydrogens is 200 g/mol. The predicted octanol–water partition coefficient (Wildman–Crippen LogP) is 1.20. The second-order valence-corrected chi connectivity index (χ2v) is 3.90. The minimum absolute atomic E-state index is 1.01. The quantitative estimate of drug-likeness (QED) is 0.640. The van der Waals surface area contributed by atoms with E-state index in [2.05, 4.69) is 29.2 Å². The second kappa shape index (κ2) is 8.30. The molecular formula is C12H24N4. The summed E-state index contributed by atoms with van der Waals surface area (Å²) in [4.78, 5) is 2.43. The molecule has 0 bridgehead atoms. The third-order valence-corrected chi connectivity index (χ3v) is 2.80. The Bertz CT molecular complexity index is 242. The largest absolute Gasteiger partial charge is 0.315 e.